The molecule has 0 bridgehead atoms. The average molecular weight is 259 g/mol. The number of nitrogens with zero attached hydrogens (tertiary/aromatic N) is 1. The first-order chi connectivity index (χ1) is 8.20. The Hall–Kier alpha value is -0.680. The van der Waals surface area contributed by atoms with Crippen LogP contribution in [0.5, 0.6) is 0 Å². The Morgan fingerprint density at radius 2 is 2.06 bits per heavy atom. The van der Waals surface area contributed by atoms with Crippen molar-refractivity contribution in [2.45, 2.75) is 6.04 Å². The first kappa shape index (κ1) is 12.8. The fraction of sp³-hybridized carbons (Fsp3) is 0.500. The Labute approximate surface area is 105 Å². The van der Waals surface area contributed by atoms with E-state index in [-0.39, 0.29) is 18.5 Å². The smallest absolute Gasteiger partial charge is 0.125 e. The van der Waals surface area contributed by atoms with E-state index >= 15 is 0 Å². The lowest BCUT2D eigenvalue weighted by Crippen LogP contribution is -2.46. The Balaban J connectivity index is 2.21. The molecule has 94 valence electrons. The summed E-state index contributed by atoms with van der Waals surface area (Å²) in [6, 6.07) is 4.25. The number of nitrogens with one attached hydrogen (secondary N) is 1. The van der Waals surface area contributed by atoms with Crippen LogP contribution in [0.15, 0.2) is 18.2 Å². The Morgan fingerprint density at radius 3 is 2.65 bits per heavy atom. The number of halogens is 2. The van der Waals surface area contributed by atoms with Crippen molar-refractivity contribution in [3.8, 4) is 0 Å². The molecule has 1 aliphatic rings. The van der Waals surface area contributed by atoms with Crippen molar-refractivity contribution in [3.63, 3.8) is 0 Å². The van der Waals surface area contributed by atoms with Gasteiger partial charge in [0.15, 0.2) is 0 Å². The van der Waals surface area contributed by atoms with Crippen LogP contribution in [0.4, 0.5) is 4.39 Å². The van der Waals surface area contributed by atoms with Gasteiger partial charge in [-0.25, -0.2) is 4.39 Å². The second-order valence-electron chi connectivity index (χ2n) is 4.19. The molecule has 0 unspecified atom stereocenters. The zero-order valence-corrected chi connectivity index (χ0v) is 10.3. The molecule has 17 heavy (non-hydrogen) atoms. The van der Waals surface area contributed by atoms with Gasteiger partial charge in [-0.1, -0.05) is 11.6 Å². The van der Waals surface area contributed by atoms with Crippen LogP contribution in [0.2, 0.25) is 5.02 Å². The lowest BCUT2D eigenvalue weighted by molar-refractivity contribution is 0.110. The molecule has 0 saturated carbocycles. The normalized spacial score (nSPS) is 19.2. The Morgan fingerprint density at radius 1 is 1.35 bits per heavy atom. The molecule has 2 N–H and O–H groups in total. The maximum atomic E-state index is 13.3. The van der Waals surface area contributed by atoms with Crippen LogP contribution in [0.1, 0.15) is 11.6 Å². The zero-order valence-electron chi connectivity index (χ0n) is 9.50. The summed E-state index contributed by atoms with van der Waals surface area (Å²) in [5.74, 6) is -0.360. The lowest BCUT2D eigenvalue weighted by atomic mass is 10.1. The molecular weight excluding hydrogens is 243 g/mol. The van der Waals surface area contributed by atoms with Crippen molar-refractivity contribution in [3.05, 3.63) is 34.6 Å². The summed E-state index contributed by atoms with van der Waals surface area (Å²) in [5.41, 5.74) is 0.736. The molecule has 1 aromatic carbocycles. The van der Waals surface area contributed by atoms with Crippen LogP contribution >= 0.6 is 11.6 Å². The van der Waals surface area contributed by atoms with Gasteiger partial charge in [0.25, 0.3) is 0 Å². The molecule has 2 rings (SSSR count). The molecule has 3 nitrogen and oxygen atoms in total. The summed E-state index contributed by atoms with van der Waals surface area (Å²) < 4.78 is 13.3. The number of piperazine rings is 1. The summed E-state index contributed by atoms with van der Waals surface area (Å²) in [7, 11) is 0. The van der Waals surface area contributed by atoms with E-state index in [1.165, 1.54) is 12.1 Å². The third-order valence-corrected chi connectivity index (χ3v) is 3.25. The summed E-state index contributed by atoms with van der Waals surface area (Å²) >= 11 is 5.84. The van der Waals surface area contributed by atoms with Gasteiger partial charge in [-0.3, -0.25) is 4.90 Å². The first-order valence-corrected chi connectivity index (χ1v) is 6.10. The summed E-state index contributed by atoms with van der Waals surface area (Å²) in [6.45, 7) is 3.44. The number of hydrogen-bond acceptors (Lipinski definition) is 3. The zero-order chi connectivity index (χ0) is 12.3. The fourth-order valence-corrected chi connectivity index (χ4v) is 2.42. The molecule has 1 atom stereocenters. The van der Waals surface area contributed by atoms with Crippen molar-refractivity contribution < 1.29 is 9.50 Å². The molecule has 5 heteroatoms. The third kappa shape index (κ3) is 3.16. The number of rotatable bonds is 3. The number of benzene rings is 1. The van der Waals surface area contributed by atoms with Crippen LogP contribution in [-0.4, -0.2) is 42.8 Å². The second-order valence-corrected chi connectivity index (χ2v) is 4.62. The van der Waals surface area contributed by atoms with Crippen molar-refractivity contribution in [1.29, 1.82) is 0 Å². The van der Waals surface area contributed by atoms with Gasteiger partial charge in [0.05, 0.1) is 12.6 Å². The largest absolute Gasteiger partial charge is 0.394 e. The van der Waals surface area contributed by atoms with E-state index in [4.69, 9.17) is 11.6 Å². The van der Waals surface area contributed by atoms with Gasteiger partial charge in [0.1, 0.15) is 5.82 Å². The van der Waals surface area contributed by atoms with Gasteiger partial charge >= 0.3 is 0 Å². The van der Waals surface area contributed by atoms with Crippen molar-refractivity contribution >= 4 is 11.6 Å². The van der Waals surface area contributed by atoms with Gasteiger partial charge in [-0.2, -0.15) is 0 Å². The third-order valence-electron chi connectivity index (χ3n) is 3.03. The Bertz CT molecular complexity index is 363. The molecule has 1 aromatic rings. The lowest BCUT2D eigenvalue weighted by Gasteiger charge is -2.34. The molecule has 1 heterocycles. The van der Waals surface area contributed by atoms with Crippen LogP contribution in [0, 0.1) is 5.82 Å². The number of aliphatic hydroxyl groups excluding tert-OH is 1. The highest BCUT2D eigenvalue weighted by Crippen LogP contribution is 2.24. The molecule has 0 spiro atoms. The van der Waals surface area contributed by atoms with Crippen molar-refractivity contribution in [2.75, 3.05) is 32.8 Å². The van der Waals surface area contributed by atoms with E-state index in [0.717, 1.165) is 31.7 Å². The maximum Gasteiger partial charge on any atom is 0.125 e. The van der Waals surface area contributed by atoms with Crippen molar-refractivity contribution in [1.82, 2.24) is 10.2 Å². The minimum absolute atomic E-state index is 0.0280. The minimum Gasteiger partial charge on any atom is -0.394 e. The van der Waals surface area contributed by atoms with E-state index in [2.05, 4.69) is 10.2 Å². The molecule has 1 saturated heterocycles. The van der Waals surface area contributed by atoms with E-state index in [9.17, 15) is 9.50 Å². The van der Waals surface area contributed by atoms with Crippen LogP contribution in [0.3, 0.4) is 0 Å². The van der Waals surface area contributed by atoms with Crippen LogP contribution in [-0.2, 0) is 0 Å². The highest BCUT2D eigenvalue weighted by atomic mass is 35.5. The molecule has 0 radical (unpaired) electrons. The van der Waals surface area contributed by atoms with Gasteiger partial charge < -0.3 is 10.4 Å². The summed E-state index contributed by atoms with van der Waals surface area (Å²) in [6.07, 6.45) is 0. The maximum absolute atomic E-state index is 13.3. The quantitative estimate of drug-likeness (QED) is 0.861. The average Bonchev–Trinajstić information content (AvgIpc) is 2.30. The molecule has 0 amide bonds. The van der Waals surface area contributed by atoms with Gasteiger partial charge in [0.2, 0.25) is 0 Å². The van der Waals surface area contributed by atoms with E-state index in [1.807, 2.05) is 0 Å². The minimum atomic E-state index is -0.360. The highest BCUT2D eigenvalue weighted by Gasteiger charge is 2.22. The Kier molecular flexibility index (Phi) is 4.34. The second kappa shape index (κ2) is 5.78. The number of aliphatic hydroxyl groups is 1. The fourth-order valence-electron chi connectivity index (χ4n) is 2.19. The van der Waals surface area contributed by atoms with Gasteiger partial charge in [-0.15, -0.1) is 0 Å². The van der Waals surface area contributed by atoms with Crippen LogP contribution < -0.4 is 5.32 Å². The predicted molar refractivity (Wildman–Crippen MR) is 65.7 cm³/mol. The van der Waals surface area contributed by atoms with E-state index in [0.29, 0.717) is 5.02 Å². The van der Waals surface area contributed by atoms with Gasteiger partial charge in [0, 0.05) is 31.2 Å². The molecule has 1 fully saturated rings. The SMILES string of the molecule is OC[C@H](c1cc(F)cc(Cl)c1)N1CCNCC1. The summed E-state index contributed by atoms with van der Waals surface area (Å²) in [4.78, 5) is 2.14. The molecular formula is C12H16ClFN2O. The standard InChI is InChI=1S/C12H16ClFN2O/c13-10-5-9(6-11(14)7-10)12(8-17)16-3-1-15-2-4-16/h5-7,12,15,17H,1-4,8H2/t12-/m1/s1. The van der Waals surface area contributed by atoms with Gasteiger partial charge in [-0.05, 0) is 23.8 Å². The first-order valence-electron chi connectivity index (χ1n) is 5.72. The van der Waals surface area contributed by atoms with E-state index < -0.39 is 0 Å². The summed E-state index contributed by atoms with van der Waals surface area (Å²) in [5, 5.41) is 13.1. The topological polar surface area (TPSA) is 35.5 Å². The predicted octanol–water partition coefficient (Wildman–Crippen LogP) is 1.42. The van der Waals surface area contributed by atoms with Crippen LogP contribution in [0.25, 0.3) is 0 Å². The molecule has 0 aliphatic carbocycles. The molecule has 0 aromatic heterocycles. The monoisotopic (exact) mass is 258 g/mol. The highest BCUT2D eigenvalue weighted by molar-refractivity contribution is 6.30. The van der Waals surface area contributed by atoms with Crippen molar-refractivity contribution in [2.24, 2.45) is 0 Å². The number of hydrogen-bond donors (Lipinski definition) is 2. The van der Waals surface area contributed by atoms with E-state index in [1.54, 1.807) is 6.07 Å². The molecule has 1 aliphatic heterocycles.